The third-order valence-electron chi connectivity index (χ3n) is 5.51. The van der Waals surface area contributed by atoms with E-state index in [0.717, 1.165) is 18.5 Å². The van der Waals surface area contributed by atoms with Gasteiger partial charge in [-0.15, -0.1) is 0 Å². The lowest BCUT2D eigenvalue weighted by Crippen LogP contribution is -2.54. The van der Waals surface area contributed by atoms with E-state index in [4.69, 9.17) is 0 Å². The average Bonchev–Trinajstić information content (AvgIpc) is 3.37. The van der Waals surface area contributed by atoms with Crippen LogP contribution >= 0.6 is 0 Å². The molecule has 1 aromatic rings. The molecule has 1 N–H and O–H groups in total. The summed E-state index contributed by atoms with van der Waals surface area (Å²) in [4.78, 5) is 2.78. The van der Waals surface area contributed by atoms with Crippen molar-refractivity contribution in [3.63, 3.8) is 0 Å². The molecule has 2 atom stereocenters. The van der Waals surface area contributed by atoms with Crippen LogP contribution in [0.1, 0.15) is 44.2 Å². The molecule has 108 valence electrons. The molecule has 1 heterocycles. The van der Waals surface area contributed by atoms with Gasteiger partial charge in [0.05, 0.1) is 0 Å². The van der Waals surface area contributed by atoms with Crippen LogP contribution in [0.25, 0.3) is 0 Å². The molecular weight excluding hydrogens is 244 g/mol. The van der Waals surface area contributed by atoms with Gasteiger partial charge >= 0.3 is 0 Å². The number of rotatable bonds is 4. The highest BCUT2D eigenvalue weighted by Gasteiger charge is 2.43. The lowest BCUT2D eigenvalue weighted by Gasteiger charge is -2.42. The maximum absolute atomic E-state index is 3.82. The first kappa shape index (κ1) is 12.8. The quantitative estimate of drug-likeness (QED) is 0.904. The van der Waals surface area contributed by atoms with Crippen LogP contribution in [0.2, 0.25) is 0 Å². The highest BCUT2D eigenvalue weighted by molar-refractivity contribution is 5.21. The molecule has 2 nitrogen and oxygen atoms in total. The second kappa shape index (κ2) is 4.85. The normalized spacial score (nSPS) is 33.0. The smallest absolute Gasteiger partial charge is 0.0473 e. The molecule has 3 fully saturated rings. The number of hydrogen-bond donors (Lipinski definition) is 1. The Hall–Kier alpha value is -0.860. The Morgan fingerprint density at radius 3 is 2.60 bits per heavy atom. The maximum atomic E-state index is 3.82. The van der Waals surface area contributed by atoms with Gasteiger partial charge in [0.2, 0.25) is 0 Å². The molecule has 2 saturated carbocycles. The summed E-state index contributed by atoms with van der Waals surface area (Å²) in [6, 6.07) is 12.4. The summed E-state index contributed by atoms with van der Waals surface area (Å²) in [5.41, 5.74) is 2.09. The van der Waals surface area contributed by atoms with Gasteiger partial charge in [0.25, 0.3) is 0 Å². The molecule has 2 aliphatic carbocycles. The molecule has 0 bridgehead atoms. The van der Waals surface area contributed by atoms with Crippen molar-refractivity contribution in [2.75, 3.05) is 19.6 Å². The van der Waals surface area contributed by atoms with Crippen LogP contribution in [0.15, 0.2) is 30.3 Å². The second-order valence-electron chi connectivity index (χ2n) is 7.52. The lowest BCUT2D eigenvalue weighted by atomic mass is 9.97. The van der Waals surface area contributed by atoms with E-state index < -0.39 is 0 Å². The highest BCUT2D eigenvalue weighted by Crippen LogP contribution is 2.47. The summed E-state index contributed by atoms with van der Waals surface area (Å²) in [5.74, 6) is 0.959. The molecule has 0 amide bonds. The van der Waals surface area contributed by atoms with Crippen molar-refractivity contribution in [2.24, 2.45) is 11.3 Å². The molecule has 1 saturated heterocycles. The van der Waals surface area contributed by atoms with Crippen molar-refractivity contribution >= 4 is 0 Å². The van der Waals surface area contributed by atoms with E-state index in [1.807, 2.05) is 0 Å². The van der Waals surface area contributed by atoms with Crippen molar-refractivity contribution in [3.8, 4) is 0 Å². The minimum atomic E-state index is 0.573. The van der Waals surface area contributed by atoms with E-state index >= 15 is 0 Å². The van der Waals surface area contributed by atoms with Gasteiger partial charge in [0, 0.05) is 31.7 Å². The Labute approximate surface area is 122 Å². The number of piperazine rings is 1. The summed E-state index contributed by atoms with van der Waals surface area (Å²) in [6.07, 6.45) is 5.73. The molecule has 20 heavy (non-hydrogen) atoms. The standard InChI is InChI=1S/C18H26N2/c1-18(9-10-18)13-20-12-16(14-7-8-14)19-11-17(20)15-5-3-2-4-6-15/h2-6,14,16-17,19H,7-13H2,1H3. The van der Waals surface area contributed by atoms with Crippen LogP contribution in [0.3, 0.4) is 0 Å². The number of benzene rings is 1. The highest BCUT2D eigenvalue weighted by atomic mass is 15.2. The van der Waals surface area contributed by atoms with Crippen LogP contribution in [-0.4, -0.2) is 30.6 Å². The molecule has 1 aromatic carbocycles. The van der Waals surface area contributed by atoms with Crippen molar-refractivity contribution in [1.82, 2.24) is 10.2 Å². The predicted octanol–water partition coefficient (Wildman–Crippen LogP) is 3.21. The van der Waals surface area contributed by atoms with Crippen LogP contribution in [-0.2, 0) is 0 Å². The van der Waals surface area contributed by atoms with E-state index in [1.54, 1.807) is 0 Å². The van der Waals surface area contributed by atoms with Gasteiger partial charge in [-0.05, 0) is 42.6 Å². The first-order valence-corrected chi connectivity index (χ1v) is 8.26. The zero-order valence-corrected chi connectivity index (χ0v) is 12.5. The molecular formula is C18H26N2. The molecule has 0 aromatic heterocycles. The summed E-state index contributed by atoms with van der Waals surface area (Å²) >= 11 is 0. The van der Waals surface area contributed by atoms with E-state index in [9.17, 15) is 0 Å². The number of nitrogens with one attached hydrogen (secondary N) is 1. The van der Waals surface area contributed by atoms with Gasteiger partial charge in [0.15, 0.2) is 0 Å². The lowest BCUT2D eigenvalue weighted by molar-refractivity contribution is 0.101. The fourth-order valence-electron chi connectivity index (χ4n) is 3.69. The Bertz CT molecular complexity index is 462. The summed E-state index contributed by atoms with van der Waals surface area (Å²) in [6.45, 7) is 6.13. The van der Waals surface area contributed by atoms with E-state index in [0.29, 0.717) is 11.5 Å². The maximum Gasteiger partial charge on any atom is 0.0473 e. The first-order valence-electron chi connectivity index (χ1n) is 8.26. The van der Waals surface area contributed by atoms with Gasteiger partial charge in [-0.3, -0.25) is 4.90 Å². The van der Waals surface area contributed by atoms with Crippen molar-refractivity contribution in [2.45, 2.75) is 44.7 Å². The molecule has 0 spiro atoms. The van der Waals surface area contributed by atoms with E-state index in [2.05, 4.69) is 47.5 Å². The topological polar surface area (TPSA) is 15.3 Å². The minimum Gasteiger partial charge on any atom is -0.311 e. The Morgan fingerprint density at radius 2 is 1.95 bits per heavy atom. The van der Waals surface area contributed by atoms with Crippen molar-refractivity contribution in [3.05, 3.63) is 35.9 Å². The van der Waals surface area contributed by atoms with Crippen molar-refractivity contribution in [1.29, 1.82) is 0 Å². The Morgan fingerprint density at radius 1 is 1.20 bits per heavy atom. The monoisotopic (exact) mass is 270 g/mol. The summed E-state index contributed by atoms with van der Waals surface area (Å²) in [7, 11) is 0. The van der Waals surface area contributed by atoms with E-state index in [-0.39, 0.29) is 0 Å². The predicted molar refractivity (Wildman–Crippen MR) is 82.6 cm³/mol. The molecule has 2 unspecified atom stereocenters. The first-order chi connectivity index (χ1) is 9.73. The molecule has 1 aliphatic heterocycles. The fourth-order valence-corrected chi connectivity index (χ4v) is 3.69. The second-order valence-corrected chi connectivity index (χ2v) is 7.52. The van der Waals surface area contributed by atoms with Crippen molar-refractivity contribution < 1.29 is 0 Å². The number of nitrogens with zero attached hydrogens (tertiary/aromatic N) is 1. The SMILES string of the molecule is CC1(CN2CC(C3CC3)NCC2c2ccccc2)CC1. The average molecular weight is 270 g/mol. The largest absolute Gasteiger partial charge is 0.311 e. The molecule has 0 radical (unpaired) electrons. The van der Waals surface area contributed by atoms with Gasteiger partial charge in [-0.2, -0.15) is 0 Å². The fraction of sp³-hybridized carbons (Fsp3) is 0.667. The number of hydrogen-bond acceptors (Lipinski definition) is 2. The van der Waals surface area contributed by atoms with Crippen LogP contribution in [0, 0.1) is 11.3 Å². The Kier molecular flexibility index (Phi) is 3.12. The van der Waals surface area contributed by atoms with Crippen LogP contribution in [0.5, 0.6) is 0 Å². The summed E-state index contributed by atoms with van der Waals surface area (Å²) in [5, 5.41) is 3.82. The third kappa shape index (κ3) is 2.64. The molecule has 4 rings (SSSR count). The Balaban J connectivity index is 1.53. The molecule has 2 heteroatoms. The van der Waals surface area contributed by atoms with Gasteiger partial charge in [-0.1, -0.05) is 37.3 Å². The van der Waals surface area contributed by atoms with Gasteiger partial charge in [-0.25, -0.2) is 0 Å². The van der Waals surface area contributed by atoms with Gasteiger partial charge < -0.3 is 5.32 Å². The zero-order chi connectivity index (χ0) is 13.6. The van der Waals surface area contributed by atoms with Crippen LogP contribution < -0.4 is 5.32 Å². The third-order valence-corrected chi connectivity index (χ3v) is 5.51. The minimum absolute atomic E-state index is 0.573. The van der Waals surface area contributed by atoms with Crippen LogP contribution in [0.4, 0.5) is 0 Å². The van der Waals surface area contributed by atoms with Gasteiger partial charge in [0.1, 0.15) is 0 Å². The molecule has 3 aliphatic rings. The van der Waals surface area contributed by atoms with E-state index in [1.165, 1.54) is 44.3 Å². The zero-order valence-electron chi connectivity index (χ0n) is 12.5. The summed E-state index contributed by atoms with van der Waals surface area (Å²) < 4.78 is 0.